The number of carbonyl (C=O) groups is 2. The summed E-state index contributed by atoms with van der Waals surface area (Å²) in [4.78, 5) is 28.1. The maximum absolute atomic E-state index is 14.6. The number of amides is 1. The Labute approximate surface area is 240 Å². The highest BCUT2D eigenvalue weighted by Crippen LogP contribution is 2.36. The van der Waals surface area contributed by atoms with Gasteiger partial charge in [0.1, 0.15) is 0 Å². The van der Waals surface area contributed by atoms with Crippen molar-refractivity contribution in [1.29, 1.82) is 5.26 Å². The van der Waals surface area contributed by atoms with Crippen molar-refractivity contribution < 1.29 is 14.7 Å². The molecule has 2 atom stereocenters. The zero-order valence-electron chi connectivity index (χ0n) is 22.4. The van der Waals surface area contributed by atoms with Gasteiger partial charge in [-0.05, 0) is 72.2 Å². The van der Waals surface area contributed by atoms with Crippen LogP contribution in [0.1, 0.15) is 78.9 Å². The topological polar surface area (TPSA) is 81.4 Å². The quantitative estimate of drug-likeness (QED) is 0.167. The van der Waals surface area contributed by atoms with E-state index >= 15 is 0 Å². The van der Waals surface area contributed by atoms with Gasteiger partial charge >= 0.3 is 5.97 Å². The summed E-state index contributed by atoms with van der Waals surface area (Å²) >= 11 is 12.6. The van der Waals surface area contributed by atoms with E-state index < -0.39 is 5.97 Å². The van der Waals surface area contributed by atoms with Crippen molar-refractivity contribution in [3.05, 3.63) is 93.5 Å². The fourth-order valence-electron chi connectivity index (χ4n) is 5.40. The Morgan fingerprint density at radius 1 is 1.13 bits per heavy atom. The zero-order valence-corrected chi connectivity index (χ0v) is 23.9. The minimum absolute atomic E-state index is 0.0407. The van der Waals surface area contributed by atoms with Crippen LogP contribution < -0.4 is 0 Å². The van der Waals surface area contributed by atoms with Crippen LogP contribution in [0, 0.1) is 11.3 Å². The molecule has 0 aliphatic carbocycles. The summed E-state index contributed by atoms with van der Waals surface area (Å²) in [6.45, 7) is 7.86. The van der Waals surface area contributed by atoms with Crippen molar-refractivity contribution in [3.8, 4) is 6.07 Å². The zero-order chi connectivity index (χ0) is 28.5. The number of allylic oxidation sites excluding steroid dienone is 1. The Hall–Kier alpha value is -3.33. The van der Waals surface area contributed by atoms with Gasteiger partial charge in [0.05, 0.1) is 33.7 Å². The van der Waals surface area contributed by atoms with Crippen LogP contribution in [0.4, 0.5) is 0 Å². The van der Waals surface area contributed by atoms with Gasteiger partial charge in [0.15, 0.2) is 0 Å². The lowest BCUT2D eigenvalue weighted by atomic mass is 9.84. The number of fused-ring (bicyclic) bond motifs is 1. The van der Waals surface area contributed by atoms with Crippen LogP contribution in [0.25, 0.3) is 10.8 Å². The minimum atomic E-state index is -0.980. The van der Waals surface area contributed by atoms with E-state index in [0.29, 0.717) is 46.0 Å². The highest BCUT2D eigenvalue weighted by atomic mass is 35.5. The normalized spacial score (nSPS) is 12.5. The summed E-state index contributed by atoms with van der Waals surface area (Å²) in [5.74, 6) is -1.35. The lowest BCUT2D eigenvalue weighted by Gasteiger charge is -2.38. The summed E-state index contributed by atoms with van der Waals surface area (Å²) in [7, 11) is 0. The molecule has 0 spiro atoms. The van der Waals surface area contributed by atoms with E-state index in [9.17, 15) is 20.0 Å². The predicted octanol–water partition coefficient (Wildman–Crippen LogP) is 8.42. The number of benzene rings is 3. The van der Waals surface area contributed by atoms with Crippen LogP contribution in [0.15, 0.2) is 61.2 Å². The second-order valence-electron chi connectivity index (χ2n) is 9.58. The summed E-state index contributed by atoms with van der Waals surface area (Å²) in [5, 5.41) is 22.0. The number of aliphatic carboxylic acids is 1. The van der Waals surface area contributed by atoms with Crippen molar-refractivity contribution >= 4 is 45.9 Å². The Morgan fingerprint density at radius 3 is 2.49 bits per heavy atom. The standard InChI is InChI=1S/C32H34Cl2N2O3/c1-4-7-8-13-29(24(5-2)22-14-15-27(33)28(34)19-22)36(17-16-30(37)38)32(39)31-25(6-3)23(20-35)18-21-11-9-10-12-26(21)31/h4,9-12,14-15,18-19,24,29H,1,5-8,13,16-17H2,2-3H3,(H,37,38). The van der Waals surface area contributed by atoms with Crippen LogP contribution >= 0.6 is 23.2 Å². The number of hydrogen-bond acceptors (Lipinski definition) is 3. The first-order valence-electron chi connectivity index (χ1n) is 13.3. The molecule has 7 heteroatoms. The van der Waals surface area contributed by atoms with Crippen molar-refractivity contribution in [1.82, 2.24) is 4.90 Å². The Bertz CT molecular complexity index is 1400. The molecule has 1 amide bonds. The number of carbonyl (C=O) groups excluding carboxylic acids is 1. The molecule has 0 fully saturated rings. The van der Waals surface area contributed by atoms with E-state index in [1.807, 2.05) is 55.5 Å². The first-order valence-corrected chi connectivity index (χ1v) is 14.1. The molecular formula is C32H34Cl2N2O3. The van der Waals surface area contributed by atoms with E-state index in [1.165, 1.54) is 0 Å². The number of nitrogens with zero attached hydrogens (tertiary/aromatic N) is 2. The SMILES string of the molecule is C=CCCCC(C(CC)c1ccc(Cl)c(Cl)c1)N(CCC(=O)O)C(=O)c1c(CC)c(C#N)cc2ccccc12. The number of hydrogen-bond donors (Lipinski definition) is 1. The van der Waals surface area contributed by atoms with E-state index in [1.54, 1.807) is 11.0 Å². The maximum Gasteiger partial charge on any atom is 0.305 e. The third-order valence-electron chi connectivity index (χ3n) is 7.26. The fourth-order valence-corrected chi connectivity index (χ4v) is 5.70. The monoisotopic (exact) mass is 564 g/mol. The molecule has 1 N–H and O–H groups in total. The molecule has 3 rings (SSSR count). The summed E-state index contributed by atoms with van der Waals surface area (Å²) in [6, 6.07) is 16.8. The van der Waals surface area contributed by atoms with Crippen LogP contribution in [0.5, 0.6) is 0 Å². The van der Waals surface area contributed by atoms with Crippen molar-refractivity contribution in [3.63, 3.8) is 0 Å². The highest BCUT2D eigenvalue weighted by Gasteiger charge is 2.33. The van der Waals surface area contributed by atoms with Gasteiger partial charge in [-0.1, -0.05) is 73.5 Å². The minimum Gasteiger partial charge on any atom is -0.481 e. The van der Waals surface area contributed by atoms with E-state index in [0.717, 1.165) is 29.2 Å². The molecule has 2 unspecified atom stereocenters. The summed E-state index contributed by atoms with van der Waals surface area (Å²) < 4.78 is 0. The molecule has 0 saturated carbocycles. The van der Waals surface area contributed by atoms with E-state index in [-0.39, 0.29) is 30.8 Å². The van der Waals surface area contributed by atoms with Crippen molar-refractivity contribution in [2.75, 3.05) is 6.54 Å². The Kier molecular flexibility index (Phi) is 11.0. The number of unbranched alkanes of at least 4 members (excludes halogenated alkanes) is 1. The number of nitriles is 1. The van der Waals surface area contributed by atoms with Crippen LogP contribution in [-0.4, -0.2) is 34.5 Å². The molecule has 3 aromatic carbocycles. The van der Waals surface area contributed by atoms with E-state index in [2.05, 4.69) is 19.6 Å². The second-order valence-corrected chi connectivity index (χ2v) is 10.4. The second kappa shape index (κ2) is 14.2. The van der Waals surface area contributed by atoms with Gasteiger partial charge in [-0.25, -0.2) is 0 Å². The smallest absolute Gasteiger partial charge is 0.305 e. The van der Waals surface area contributed by atoms with Crippen LogP contribution in [0.2, 0.25) is 10.0 Å². The Morgan fingerprint density at radius 2 is 1.87 bits per heavy atom. The number of halogens is 2. The highest BCUT2D eigenvalue weighted by molar-refractivity contribution is 6.42. The van der Waals surface area contributed by atoms with Crippen LogP contribution in [-0.2, 0) is 11.2 Å². The molecule has 0 saturated heterocycles. The van der Waals surface area contributed by atoms with Crippen LogP contribution in [0.3, 0.4) is 0 Å². The number of rotatable bonds is 13. The molecule has 39 heavy (non-hydrogen) atoms. The molecule has 0 aliphatic heterocycles. The molecule has 204 valence electrons. The first kappa shape index (κ1) is 30.2. The van der Waals surface area contributed by atoms with Gasteiger partial charge in [-0.15, -0.1) is 6.58 Å². The Balaban J connectivity index is 2.24. The average Bonchev–Trinajstić information content (AvgIpc) is 2.93. The average molecular weight is 566 g/mol. The van der Waals surface area contributed by atoms with Gasteiger partial charge in [0.25, 0.3) is 5.91 Å². The maximum atomic E-state index is 14.6. The number of carboxylic acid groups (broad SMARTS) is 1. The predicted molar refractivity (Wildman–Crippen MR) is 159 cm³/mol. The molecule has 0 aromatic heterocycles. The number of carboxylic acids is 1. The first-order chi connectivity index (χ1) is 18.8. The summed E-state index contributed by atoms with van der Waals surface area (Å²) in [5.41, 5.74) is 2.54. The van der Waals surface area contributed by atoms with E-state index in [4.69, 9.17) is 23.2 Å². The molecule has 0 radical (unpaired) electrons. The molecule has 5 nitrogen and oxygen atoms in total. The molecule has 3 aromatic rings. The lowest BCUT2D eigenvalue weighted by molar-refractivity contribution is -0.137. The van der Waals surface area contributed by atoms with Gasteiger partial charge in [0, 0.05) is 18.5 Å². The fraction of sp³-hybridized carbons (Fsp3) is 0.344. The van der Waals surface area contributed by atoms with Crippen molar-refractivity contribution in [2.45, 2.75) is 64.3 Å². The third kappa shape index (κ3) is 7.01. The van der Waals surface area contributed by atoms with Gasteiger partial charge in [-0.3, -0.25) is 9.59 Å². The third-order valence-corrected chi connectivity index (χ3v) is 8.00. The van der Waals surface area contributed by atoms with Gasteiger partial charge < -0.3 is 10.0 Å². The molecule has 0 bridgehead atoms. The summed E-state index contributed by atoms with van der Waals surface area (Å²) in [6.07, 6.45) is 5.04. The molecule has 0 heterocycles. The van der Waals surface area contributed by atoms with Gasteiger partial charge in [-0.2, -0.15) is 5.26 Å². The van der Waals surface area contributed by atoms with Crippen molar-refractivity contribution in [2.24, 2.45) is 0 Å². The van der Waals surface area contributed by atoms with Gasteiger partial charge in [0.2, 0.25) is 0 Å². The molecule has 0 aliphatic rings. The molecular weight excluding hydrogens is 531 g/mol. The lowest BCUT2D eigenvalue weighted by Crippen LogP contribution is -2.45. The largest absolute Gasteiger partial charge is 0.481 e.